The molecule has 110 valence electrons. The zero-order chi connectivity index (χ0) is 15.3. The van der Waals surface area contributed by atoms with E-state index in [-0.39, 0.29) is 18.9 Å². The molecule has 1 amide bonds. The van der Waals surface area contributed by atoms with Gasteiger partial charge in [-0.15, -0.1) is 0 Å². The summed E-state index contributed by atoms with van der Waals surface area (Å²) in [6, 6.07) is 5.62. The number of carboxylic acid groups (broad SMARTS) is 1. The molecular formula is C15H21NO4. The smallest absolute Gasteiger partial charge is 0.308 e. The number of carbonyl (C=O) groups excluding carboxylic acids is 1. The Morgan fingerprint density at radius 3 is 2.60 bits per heavy atom. The molecule has 20 heavy (non-hydrogen) atoms. The summed E-state index contributed by atoms with van der Waals surface area (Å²) < 4.78 is 5.22. The Hall–Kier alpha value is -2.04. The molecule has 5 nitrogen and oxygen atoms in total. The Balaban J connectivity index is 2.68. The summed E-state index contributed by atoms with van der Waals surface area (Å²) in [5, 5.41) is 8.85. The topological polar surface area (TPSA) is 66.8 Å². The molecule has 0 saturated carbocycles. The number of aliphatic carboxylic acids is 1. The van der Waals surface area contributed by atoms with Gasteiger partial charge in [-0.3, -0.25) is 9.59 Å². The van der Waals surface area contributed by atoms with Crippen molar-refractivity contribution in [3.8, 4) is 5.75 Å². The summed E-state index contributed by atoms with van der Waals surface area (Å²) in [6.45, 7) is 3.73. The Morgan fingerprint density at radius 1 is 1.40 bits per heavy atom. The van der Waals surface area contributed by atoms with E-state index in [1.54, 1.807) is 21.1 Å². The van der Waals surface area contributed by atoms with Gasteiger partial charge in [0, 0.05) is 13.6 Å². The molecule has 0 bridgehead atoms. The van der Waals surface area contributed by atoms with Crippen LogP contribution in [-0.4, -0.2) is 42.6 Å². The number of hydrogen-bond donors (Lipinski definition) is 1. The molecule has 0 saturated heterocycles. The number of hydrogen-bond acceptors (Lipinski definition) is 3. The number of rotatable bonds is 6. The Kier molecular flexibility index (Phi) is 5.55. The van der Waals surface area contributed by atoms with Crippen LogP contribution >= 0.6 is 0 Å². The highest BCUT2D eigenvalue weighted by atomic mass is 16.5. The predicted octanol–water partition coefficient (Wildman–Crippen LogP) is 1.73. The standard InChI is InChI=1S/C15H21NO4/c1-10-5-6-12(7-13(10)20-4)8-14(17)16(3)9-11(2)15(18)19/h5-7,11H,8-9H2,1-4H3,(H,18,19). The van der Waals surface area contributed by atoms with Gasteiger partial charge < -0.3 is 14.7 Å². The van der Waals surface area contributed by atoms with E-state index in [1.807, 2.05) is 25.1 Å². The number of carboxylic acids is 1. The highest BCUT2D eigenvalue weighted by Crippen LogP contribution is 2.19. The molecular weight excluding hydrogens is 258 g/mol. The van der Waals surface area contributed by atoms with Crippen molar-refractivity contribution in [1.82, 2.24) is 4.90 Å². The predicted molar refractivity (Wildman–Crippen MR) is 75.9 cm³/mol. The van der Waals surface area contributed by atoms with E-state index in [0.717, 1.165) is 16.9 Å². The van der Waals surface area contributed by atoms with Gasteiger partial charge in [0.1, 0.15) is 5.75 Å². The summed E-state index contributed by atoms with van der Waals surface area (Å²) in [5.74, 6) is -0.834. The third-order valence-electron chi connectivity index (χ3n) is 3.22. The molecule has 0 aromatic heterocycles. The maximum absolute atomic E-state index is 12.0. The van der Waals surface area contributed by atoms with Crippen molar-refractivity contribution in [3.63, 3.8) is 0 Å². The second kappa shape index (κ2) is 6.93. The van der Waals surface area contributed by atoms with Crippen LogP contribution in [0.15, 0.2) is 18.2 Å². The number of benzene rings is 1. The summed E-state index contributed by atoms with van der Waals surface area (Å²) >= 11 is 0. The Morgan fingerprint density at radius 2 is 2.05 bits per heavy atom. The van der Waals surface area contributed by atoms with Gasteiger partial charge in [-0.1, -0.05) is 19.1 Å². The molecule has 0 aliphatic carbocycles. The van der Waals surface area contributed by atoms with Gasteiger partial charge >= 0.3 is 5.97 Å². The van der Waals surface area contributed by atoms with Crippen LogP contribution in [0.25, 0.3) is 0 Å². The van der Waals surface area contributed by atoms with E-state index in [1.165, 1.54) is 4.90 Å². The minimum absolute atomic E-state index is 0.107. The zero-order valence-electron chi connectivity index (χ0n) is 12.3. The van der Waals surface area contributed by atoms with Crippen LogP contribution in [0.2, 0.25) is 0 Å². The Labute approximate surface area is 119 Å². The number of nitrogens with zero attached hydrogens (tertiary/aromatic N) is 1. The van der Waals surface area contributed by atoms with Crippen molar-refractivity contribution in [2.45, 2.75) is 20.3 Å². The molecule has 1 rings (SSSR count). The molecule has 0 aliphatic heterocycles. The number of ether oxygens (including phenoxy) is 1. The quantitative estimate of drug-likeness (QED) is 0.861. The molecule has 1 unspecified atom stereocenters. The van der Waals surface area contributed by atoms with Crippen LogP contribution in [0.4, 0.5) is 0 Å². The number of methoxy groups -OCH3 is 1. The first-order chi connectivity index (χ1) is 9.35. The maximum atomic E-state index is 12.0. The highest BCUT2D eigenvalue weighted by Gasteiger charge is 2.17. The molecule has 5 heteroatoms. The van der Waals surface area contributed by atoms with Crippen molar-refractivity contribution in [1.29, 1.82) is 0 Å². The monoisotopic (exact) mass is 279 g/mol. The molecule has 1 aromatic carbocycles. The van der Waals surface area contributed by atoms with E-state index in [2.05, 4.69) is 0 Å². The van der Waals surface area contributed by atoms with E-state index in [9.17, 15) is 9.59 Å². The van der Waals surface area contributed by atoms with E-state index in [4.69, 9.17) is 9.84 Å². The van der Waals surface area contributed by atoms with Gasteiger partial charge in [0.05, 0.1) is 19.4 Å². The average Bonchev–Trinajstić information content (AvgIpc) is 2.40. The third kappa shape index (κ3) is 4.26. The lowest BCUT2D eigenvalue weighted by atomic mass is 10.1. The lowest BCUT2D eigenvalue weighted by Gasteiger charge is -2.19. The van der Waals surface area contributed by atoms with Crippen molar-refractivity contribution in [2.75, 3.05) is 20.7 Å². The van der Waals surface area contributed by atoms with Crippen molar-refractivity contribution in [3.05, 3.63) is 29.3 Å². The molecule has 0 fully saturated rings. The van der Waals surface area contributed by atoms with Gasteiger partial charge in [0.25, 0.3) is 0 Å². The van der Waals surface area contributed by atoms with E-state index < -0.39 is 11.9 Å². The third-order valence-corrected chi connectivity index (χ3v) is 3.22. The lowest BCUT2D eigenvalue weighted by Crippen LogP contribution is -2.34. The summed E-state index contributed by atoms with van der Waals surface area (Å²) in [7, 11) is 3.21. The first-order valence-electron chi connectivity index (χ1n) is 6.45. The second-order valence-corrected chi connectivity index (χ2v) is 4.99. The molecule has 0 heterocycles. The first kappa shape index (κ1) is 16.0. The molecule has 0 radical (unpaired) electrons. The molecule has 0 spiro atoms. The number of amides is 1. The van der Waals surface area contributed by atoms with E-state index in [0.29, 0.717) is 0 Å². The second-order valence-electron chi connectivity index (χ2n) is 4.99. The summed E-state index contributed by atoms with van der Waals surface area (Å²) in [6.07, 6.45) is 0.236. The van der Waals surface area contributed by atoms with Gasteiger partial charge in [-0.2, -0.15) is 0 Å². The zero-order valence-corrected chi connectivity index (χ0v) is 12.3. The molecule has 1 aromatic rings. The van der Waals surface area contributed by atoms with Crippen molar-refractivity contribution < 1.29 is 19.4 Å². The lowest BCUT2D eigenvalue weighted by molar-refractivity contribution is -0.142. The molecule has 1 N–H and O–H groups in total. The van der Waals surface area contributed by atoms with Gasteiger partial charge in [-0.05, 0) is 24.1 Å². The van der Waals surface area contributed by atoms with Crippen LogP contribution in [0, 0.1) is 12.8 Å². The fourth-order valence-electron chi connectivity index (χ4n) is 1.87. The first-order valence-corrected chi connectivity index (χ1v) is 6.45. The van der Waals surface area contributed by atoms with E-state index >= 15 is 0 Å². The Bertz CT molecular complexity index is 499. The largest absolute Gasteiger partial charge is 0.496 e. The fourth-order valence-corrected chi connectivity index (χ4v) is 1.87. The van der Waals surface area contributed by atoms with Crippen molar-refractivity contribution in [2.24, 2.45) is 5.92 Å². The van der Waals surface area contributed by atoms with Crippen molar-refractivity contribution >= 4 is 11.9 Å². The summed E-state index contributed by atoms with van der Waals surface area (Å²) in [5.41, 5.74) is 1.86. The van der Waals surface area contributed by atoms with Gasteiger partial charge in [-0.25, -0.2) is 0 Å². The van der Waals surface area contributed by atoms with Gasteiger partial charge in [0.15, 0.2) is 0 Å². The number of carbonyl (C=O) groups is 2. The normalized spacial score (nSPS) is 11.8. The average molecular weight is 279 g/mol. The fraction of sp³-hybridized carbons (Fsp3) is 0.467. The van der Waals surface area contributed by atoms with Crippen LogP contribution in [0.1, 0.15) is 18.1 Å². The SMILES string of the molecule is COc1cc(CC(=O)N(C)CC(C)C(=O)O)ccc1C. The van der Waals surface area contributed by atoms with Crippen LogP contribution < -0.4 is 4.74 Å². The van der Waals surface area contributed by atoms with Crippen LogP contribution in [-0.2, 0) is 16.0 Å². The maximum Gasteiger partial charge on any atom is 0.308 e. The summed E-state index contributed by atoms with van der Waals surface area (Å²) in [4.78, 5) is 24.3. The van der Waals surface area contributed by atoms with Gasteiger partial charge in [0.2, 0.25) is 5.91 Å². The molecule has 0 aliphatic rings. The number of aryl methyl sites for hydroxylation is 1. The highest BCUT2D eigenvalue weighted by molar-refractivity contribution is 5.79. The minimum Gasteiger partial charge on any atom is -0.496 e. The van der Waals surface area contributed by atoms with Crippen LogP contribution in [0.5, 0.6) is 5.75 Å². The van der Waals surface area contributed by atoms with Crippen LogP contribution in [0.3, 0.4) is 0 Å². The minimum atomic E-state index is -0.901. The molecule has 1 atom stereocenters. The number of likely N-dealkylation sites (N-methyl/N-ethyl adjacent to an activating group) is 1.